The Labute approximate surface area is 129 Å². The number of hydrogen-bond donors (Lipinski definition) is 0. The molecule has 0 fully saturated rings. The molecule has 0 spiro atoms. The van der Waals surface area contributed by atoms with E-state index in [-0.39, 0.29) is 0 Å². The number of benzene rings is 2. The smallest absolute Gasteiger partial charge is 0.131 e. The van der Waals surface area contributed by atoms with Crippen LogP contribution in [0.4, 0.5) is 0 Å². The maximum absolute atomic E-state index is 9.43. The van der Waals surface area contributed by atoms with Crippen molar-refractivity contribution >= 4 is 11.6 Å². The van der Waals surface area contributed by atoms with E-state index < -0.39 is 0 Å². The van der Waals surface area contributed by atoms with Crippen LogP contribution in [0, 0.1) is 22.7 Å². The Morgan fingerprint density at radius 1 is 1.00 bits per heavy atom. The highest BCUT2D eigenvalue weighted by molar-refractivity contribution is 5.91. The Morgan fingerprint density at radius 2 is 1.73 bits per heavy atom. The lowest BCUT2D eigenvalue weighted by Gasteiger charge is -2.09. The minimum atomic E-state index is 0.476. The maximum Gasteiger partial charge on any atom is 0.131 e. The highest BCUT2D eigenvalue weighted by atomic mass is 16.5. The minimum absolute atomic E-state index is 0.476. The zero-order valence-corrected chi connectivity index (χ0v) is 12.3. The number of allylic oxidation sites excluding steroid dienone is 1. The van der Waals surface area contributed by atoms with Crippen LogP contribution in [0.15, 0.2) is 42.5 Å². The Morgan fingerprint density at radius 3 is 2.27 bits per heavy atom. The Kier molecular flexibility index (Phi) is 4.80. The van der Waals surface area contributed by atoms with E-state index in [2.05, 4.69) is 12.1 Å². The molecule has 4 heteroatoms. The molecule has 4 nitrogen and oxygen atoms in total. The zero-order chi connectivity index (χ0) is 15.9. The second-order valence-electron chi connectivity index (χ2n) is 4.47. The summed E-state index contributed by atoms with van der Waals surface area (Å²) in [5, 5.41) is 18.2. The standard InChI is InChI=1S/C18H14N2O2/c1-21-16-7-8-17(18(10-16)22-2)15(12-20)9-13-3-5-14(11-19)6-4-13/h3-10H,1-2H3/b15-9-. The third-order valence-corrected chi connectivity index (χ3v) is 3.17. The van der Waals surface area contributed by atoms with Crippen molar-refractivity contribution in [2.24, 2.45) is 0 Å². The van der Waals surface area contributed by atoms with Crippen LogP contribution in [-0.2, 0) is 0 Å². The van der Waals surface area contributed by atoms with Crippen molar-refractivity contribution in [3.8, 4) is 23.6 Å². The molecular formula is C18H14N2O2. The van der Waals surface area contributed by atoms with Crippen LogP contribution in [-0.4, -0.2) is 14.2 Å². The highest BCUT2D eigenvalue weighted by Crippen LogP contribution is 2.31. The Hall–Kier alpha value is -3.24. The number of nitrogens with zero attached hydrogens (tertiary/aromatic N) is 2. The number of nitriles is 2. The van der Waals surface area contributed by atoms with Crippen LogP contribution in [0.25, 0.3) is 11.6 Å². The highest BCUT2D eigenvalue weighted by Gasteiger charge is 2.10. The van der Waals surface area contributed by atoms with E-state index in [1.807, 2.05) is 0 Å². The molecule has 0 saturated heterocycles. The Bertz CT molecular complexity index is 778. The fourth-order valence-corrected chi connectivity index (χ4v) is 2.01. The first kappa shape index (κ1) is 15.2. The summed E-state index contributed by atoms with van der Waals surface area (Å²) in [7, 11) is 3.13. The second-order valence-corrected chi connectivity index (χ2v) is 4.47. The van der Waals surface area contributed by atoms with Gasteiger partial charge in [0.2, 0.25) is 0 Å². The van der Waals surface area contributed by atoms with Gasteiger partial charge in [-0.1, -0.05) is 12.1 Å². The van der Waals surface area contributed by atoms with Crippen molar-refractivity contribution in [3.63, 3.8) is 0 Å². The summed E-state index contributed by atoms with van der Waals surface area (Å²) in [5.41, 5.74) is 2.59. The van der Waals surface area contributed by atoms with Gasteiger partial charge >= 0.3 is 0 Å². The average Bonchev–Trinajstić information content (AvgIpc) is 2.59. The van der Waals surface area contributed by atoms with E-state index in [4.69, 9.17) is 14.7 Å². The molecule has 108 valence electrons. The van der Waals surface area contributed by atoms with Gasteiger partial charge in [-0.15, -0.1) is 0 Å². The van der Waals surface area contributed by atoms with Crippen molar-refractivity contribution in [2.75, 3.05) is 14.2 Å². The van der Waals surface area contributed by atoms with Gasteiger partial charge < -0.3 is 9.47 Å². The van der Waals surface area contributed by atoms with Crippen LogP contribution in [0.3, 0.4) is 0 Å². The summed E-state index contributed by atoms with van der Waals surface area (Å²) >= 11 is 0. The summed E-state index contributed by atoms with van der Waals surface area (Å²) in [6.07, 6.45) is 1.76. The molecule has 0 N–H and O–H groups in total. The summed E-state index contributed by atoms with van der Waals surface area (Å²) in [6, 6.07) is 16.6. The molecule has 0 aromatic heterocycles. The van der Waals surface area contributed by atoms with Crippen LogP contribution < -0.4 is 9.47 Å². The number of methoxy groups -OCH3 is 2. The normalized spacial score (nSPS) is 10.5. The van der Waals surface area contributed by atoms with E-state index in [1.54, 1.807) is 62.8 Å². The quantitative estimate of drug-likeness (QED) is 0.637. The Balaban J connectivity index is 2.45. The monoisotopic (exact) mass is 290 g/mol. The van der Waals surface area contributed by atoms with E-state index in [0.29, 0.717) is 28.2 Å². The predicted molar refractivity (Wildman–Crippen MR) is 84.2 cm³/mol. The molecule has 2 aromatic rings. The fraction of sp³-hybridized carbons (Fsp3) is 0.111. The topological polar surface area (TPSA) is 66.0 Å². The van der Waals surface area contributed by atoms with Gasteiger partial charge in [0, 0.05) is 11.6 Å². The first-order valence-electron chi connectivity index (χ1n) is 6.56. The van der Waals surface area contributed by atoms with Gasteiger partial charge in [0.25, 0.3) is 0 Å². The summed E-state index contributed by atoms with van der Waals surface area (Å²) in [4.78, 5) is 0. The molecule has 0 atom stereocenters. The van der Waals surface area contributed by atoms with E-state index in [0.717, 1.165) is 5.56 Å². The first-order chi connectivity index (χ1) is 10.7. The van der Waals surface area contributed by atoms with Gasteiger partial charge in [-0.2, -0.15) is 10.5 Å². The van der Waals surface area contributed by atoms with Gasteiger partial charge in [0.05, 0.1) is 37.5 Å². The van der Waals surface area contributed by atoms with E-state index in [1.165, 1.54) is 0 Å². The minimum Gasteiger partial charge on any atom is -0.497 e. The molecule has 0 aliphatic carbocycles. The molecule has 0 bridgehead atoms. The molecule has 22 heavy (non-hydrogen) atoms. The van der Waals surface area contributed by atoms with Gasteiger partial charge in [0.15, 0.2) is 0 Å². The summed E-state index contributed by atoms with van der Waals surface area (Å²) in [6.45, 7) is 0. The molecule has 0 aliphatic rings. The van der Waals surface area contributed by atoms with E-state index in [9.17, 15) is 5.26 Å². The lowest BCUT2D eigenvalue weighted by atomic mass is 10.0. The molecule has 2 aromatic carbocycles. The predicted octanol–water partition coefficient (Wildman–Crippen LogP) is 3.64. The molecule has 0 radical (unpaired) electrons. The molecule has 0 aliphatic heterocycles. The van der Waals surface area contributed by atoms with Crippen molar-refractivity contribution in [1.29, 1.82) is 10.5 Å². The maximum atomic E-state index is 9.43. The lowest BCUT2D eigenvalue weighted by molar-refractivity contribution is 0.393. The van der Waals surface area contributed by atoms with Gasteiger partial charge in [-0.3, -0.25) is 0 Å². The van der Waals surface area contributed by atoms with Crippen molar-refractivity contribution in [1.82, 2.24) is 0 Å². The van der Waals surface area contributed by atoms with Crippen LogP contribution in [0.1, 0.15) is 16.7 Å². The van der Waals surface area contributed by atoms with Crippen molar-refractivity contribution < 1.29 is 9.47 Å². The first-order valence-corrected chi connectivity index (χ1v) is 6.56. The van der Waals surface area contributed by atoms with Crippen LogP contribution in [0.5, 0.6) is 11.5 Å². The molecule has 0 saturated carbocycles. The van der Waals surface area contributed by atoms with Crippen molar-refractivity contribution in [3.05, 3.63) is 59.2 Å². The molecule has 2 rings (SSSR count). The number of hydrogen-bond acceptors (Lipinski definition) is 4. The summed E-state index contributed by atoms with van der Waals surface area (Å²) in [5.74, 6) is 1.23. The van der Waals surface area contributed by atoms with Gasteiger partial charge in [-0.05, 0) is 35.9 Å². The molecule has 0 amide bonds. The fourth-order valence-electron chi connectivity index (χ4n) is 2.01. The lowest BCUT2D eigenvalue weighted by Crippen LogP contribution is -1.92. The number of rotatable bonds is 4. The molecule has 0 heterocycles. The van der Waals surface area contributed by atoms with Gasteiger partial charge in [-0.25, -0.2) is 0 Å². The SMILES string of the molecule is COc1ccc(/C(C#N)=C\c2ccc(C#N)cc2)c(OC)c1. The average molecular weight is 290 g/mol. The largest absolute Gasteiger partial charge is 0.497 e. The van der Waals surface area contributed by atoms with Crippen LogP contribution >= 0.6 is 0 Å². The van der Waals surface area contributed by atoms with E-state index >= 15 is 0 Å². The van der Waals surface area contributed by atoms with Crippen LogP contribution in [0.2, 0.25) is 0 Å². The summed E-state index contributed by atoms with van der Waals surface area (Å²) < 4.78 is 10.5. The van der Waals surface area contributed by atoms with Gasteiger partial charge in [0.1, 0.15) is 11.5 Å². The third kappa shape index (κ3) is 3.26. The molecular weight excluding hydrogens is 276 g/mol. The second kappa shape index (κ2) is 6.97. The third-order valence-electron chi connectivity index (χ3n) is 3.17. The zero-order valence-electron chi connectivity index (χ0n) is 12.3. The number of ether oxygens (including phenoxy) is 2. The molecule has 0 unspecified atom stereocenters. The van der Waals surface area contributed by atoms with Crippen molar-refractivity contribution in [2.45, 2.75) is 0 Å².